The van der Waals surface area contributed by atoms with Gasteiger partial charge in [0.15, 0.2) is 0 Å². The number of carboxylic acids is 1. The molecule has 0 radical (unpaired) electrons. The molecule has 110 valence electrons. The fourth-order valence-electron chi connectivity index (χ4n) is 1.70. The highest BCUT2D eigenvalue weighted by Gasteiger charge is 2.16. The molecule has 2 aromatic carbocycles. The molecule has 0 bridgehead atoms. The quantitative estimate of drug-likeness (QED) is 0.866. The Balaban J connectivity index is 2.34. The van der Waals surface area contributed by atoms with Crippen LogP contribution in [-0.2, 0) is 10.0 Å². The molecule has 0 aliphatic heterocycles. The smallest absolute Gasteiger partial charge is 0.335 e. The van der Waals surface area contributed by atoms with E-state index in [1.54, 1.807) is 12.1 Å². The van der Waals surface area contributed by atoms with Gasteiger partial charge in [0, 0.05) is 4.47 Å². The van der Waals surface area contributed by atoms with Gasteiger partial charge in [0.05, 0.1) is 16.1 Å². The van der Waals surface area contributed by atoms with Crippen LogP contribution in [0.3, 0.4) is 0 Å². The molecule has 0 spiro atoms. The Morgan fingerprint density at radius 2 is 1.76 bits per heavy atom. The topological polar surface area (TPSA) is 83.5 Å². The van der Waals surface area contributed by atoms with Crippen LogP contribution in [0.25, 0.3) is 0 Å². The molecule has 0 saturated carbocycles. The van der Waals surface area contributed by atoms with Gasteiger partial charge < -0.3 is 5.11 Å². The van der Waals surface area contributed by atoms with Crippen LogP contribution in [-0.4, -0.2) is 19.5 Å². The summed E-state index contributed by atoms with van der Waals surface area (Å²) in [4.78, 5) is 10.8. The summed E-state index contributed by atoms with van der Waals surface area (Å²) in [5.74, 6) is -1.10. The number of hydrogen-bond acceptors (Lipinski definition) is 3. The second-order valence-corrected chi connectivity index (χ2v) is 6.96. The van der Waals surface area contributed by atoms with Crippen LogP contribution in [0.15, 0.2) is 51.8 Å². The van der Waals surface area contributed by atoms with Gasteiger partial charge in [0.25, 0.3) is 10.0 Å². The number of benzene rings is 2. The number of nitrogens with one attached hydrogen (secondary N) is 1. The van der Waals surface area contributed by atoms with Crippen LogP contribution in [0.2, 0.25) is 0 Å². The normalized spacial score (nSPS) is 11.1. The van der Waals surface area contributed by atoms with Crippen molar-refractivity contribution in [2.75, 3.05) is 4.72 Å². The summed E-state index contributed by atoms with van der Waals surface area (Å²) in [6, 6.07) is 10.3. The predicted octanol–water partition coefficient (Wildman–Crippen LogP) is 3.26. The first-order valence-electron chi connectivity index (χ1n) is 5.92. The number of carboxylic acid groups (broad SMARTS) is 1. The van der Waals surface area contributed by atoms with Gasteiger partial charge in [-0.2, -0.15) is 0 Å². The second kappa shape index (κ2) is 5.87. The van der Waals surface area contributed by atoms with E-state index in [0.29, 0.717) is 10.2 Å². The molecule has 0 heterocycles. The molecule has 0 unspecified atom stereocenters. The summed E-state index contributed by atoms with van der Waals surface area (Å²) < 4.78 is 27.6. The number of carbonyl (C=O) groups is 1. The van der Waals surface area contributed by atoms with Crippen molar-refractivity contribution in [3.05, 3.63) is 58.1 Å². The number of anilines is 1. The molecule has 0 aromatic heterocycles. The van der Waals surface area contributed by atoms with Gasteiger partial charge in [0.1, 0.15) is 0 Å². The summed E-state index contributed by atoms with van der Waals surface area (Å²) in [6.45, 7) is 1.85. The van der Waals surface area contributed by atoms with Gasteiger partial charge >= 0.3 is 5.97 Å². The highest BCUT2D eigenvalue weighted by molar-refractivity contribution is 9.10. The molecule has 0 aliphatic carbocycles. The molecule has 0 fully saturated rings. The Hall–Kier alpha value is -1.86. The summed E-state index contributed by atoms with van der Waals surface area (Å²) in [5, 5.41) is 8.81. The van der Waals surface area contributed by atoms with E-state index in [1.165, 1.54) is 24.3 Å². The van der Waals surface area contributed by atoms with E-state index in [2.05, 4.69) is 20.7 Å². The largest absolute Gasteiger partial charge is 0.478 e. The van der Waals surface area contributed by atoms with Gasteiger partial charge in [-0.05, 0) is 64.8 Å². The Morgan fingerprint density at radius 3 is 2.33 bits per heavy atom. The number of rotatable bonds is 4. The van der Waals surface area contributed by atoms with E-state index < -0.39 is 16.0 Å². The lowest BCUT2D eigenvalue weighted by atomic mass is 10.2. The first kappa shape index (κ1) is 15.5. The van der Waals surface area contributed by atoms with Crippen molar-refractivity contribution in [1.82, 2.24) is 0 Å². The van der Waals surface area contributed by atoms with E-state index in [4.69, 9.17) is 5.11 Å². The van der Waals surface area contributed by atoms with Crippen LogP contribution < -0.4 is 4.72 Å². The van der Waals surface area contributed by atoms with Gasteiger partial charge in [-0.15, -0.1) is 0 Å². The number of halogens is 1. The summed E-state index contributed by atoms with van der Waals surface area (Å²) in [7, 11) is -3.77. The SMILES string of the molecule is Cc1ccc(Br)c(NS(=O)(=O)c2ccc(C(=O)O)cc2)c1. The highest BCUT2D eigenvalue weighted by Crippen LogP contribution is 2.26. The van der Waals surface area contributed by atoms with Crippen molar-refractivity contribution in [2.45, 2.75) is 11.8 Å². The third-order valence-electron chi connectivity index (χ3n) is 2.78. The molecule has 7 heteroatoms. The van der Waals surface area contributed by atoms with E-state index in [0.717, 1.165) is 5.56 Å². The van der Waals surface area contributed by atoms with Gasteiger partial charge in [-0.3, -0.25) is 4.72 Å². The fraction of sp³-hybridized carbons (Fsp3) is 0.0714. The monoisotopic (exact) mass is 369 g/mol. The lowest BCUT2D eigenvalue weighted by Gasteiger charge is -2.10. The van der Waals surface area contributed by atoms with Crippen molar-refractivity contribution in [3.8, 4) is 0 Å². The molecule has 2 N–H and O–H groups in total. The minimum absolute atomic E-state index is 0.000839. The maximum absolute atomic E-state index is 12.3. The summed E-state index contributed by atoms with van der Waals surface area (Å²) >= 11 is 3.28. The standard InChI is InChI=1S/C14H12BrNO4S/c1-9-2-7-12(15)13(8-9)16-21(19,20)11-5-3-10(4-6-11)14(17)18/h2-8,16H,1H3,(H,17,18). The lowest BCUT2D eigenvalue weighted by Crippen LogP contribution is -2.13. The van der Waals surface area contributed by atoms with Crippen LogP contribution in [0.4, 0.5) is 5.69 Å². The van der Waals surface area contributed by atoms with Crippen LogP contribution in [0.1, 0.15) is 15.9 Å². The Bertz CT molecular complexity index is 785. The van der Waals surface area contributed by atoms with Crippen LogP contribution in [0, 0.1) is 6.92 Å². The molecule has 2 rings (SSSR count). The Kier molecular flexibility index (Phi) is 4.34. The number of sulfonamides is 1. The average Bonchev–Trinajstić information content (AvgIpc) is 2.43. The molecular weight excluding hydrogens is 358 g/mol. The zero-order valence-corrected chi connectivity index (χ0v) is 13.4. The molecule has 0 atom stereocenters. The number of aryl methyl sites for hydroxylation is 1. The van der Waals surface area contributed by atoms with Gasteiger partial charge in [-0.1, -0.05) is 6.07 Å². The summed E-state index contributed by atoms with van der Waals surface area (Å²) in [6.07, 6.45) is 0. The predicted molar refractivity (Wildman–Crippen MR) is 83.1 cm³/mol. The molecule has 0 saturated heterocycles. The third-order valence-corrected chi connectivity index (χ3v) is 4.85. The minimum Gasteiger partial charge on any atom is -0.478 e. The molecule has 21 heavy (non-hydrogen) atoms. The van der Waals surface area contributed by atoms with E-state index in [-0.39, 0.29) is 10.5 Å². The Labute approximate surface area is 130 Å². The number of hydrogen-bond donors (Lipinski definition) is 2. The maximum atomic E-state index is 12.3. The van der Waals surface area contributed by atoms with Crippen molar-refractivity contribution in [2.24, 2.45) is 0 Å². The van der Waals surface area contributed by atoms with E-state index in [1.807, 2.05) is 13.0 Å². The number of aromatic carboxylic acids is 1. The minimum atomic E-state index is -3.77. The molecule has 5 nitrogen and oxygen atoms in total. The highest BCUT2D eigenvalue weighted by atomic mass is 79.9. The first-order valence-corrected chi connectivity index (χ1v) is 8.19. The van der Waals surface area contributed by atoms with Crippen molar-refractivity contribution >= 4 is 37.6 Å². The van der Waals surface area contributed by atoms with Crippen molar-refractivity contribution in [1.29, 1.82) is 0 Å². The molecular formula is C14H12BrNO4S. The summed E-state index contributed by atoms with van der Waals surface area (Å²) in [5.41, 5.74) is 1.38. The van der Waals surface area contributed by atoms with Crippen LogP contribution in [0.5, 0.6) is 0 Å². The van der Waals surface area contributed by atoms with Gasteiger partial charge in [-0.25, -0.2) is 13.2 Å². The van der Waals surface area contributed by atoms with E-state index in [9.17, 15) is 13.2 Å². The third kappa shape index (κ3) is 3.62. The zero-order chi connectivity index (χ0) is 15.6. The first-order chi connectivity index (χ1) is 9.79. The maximum Gasteiger partial charge on any atom is 0.335 e. The van der Waals surface area contributed by atoms with Crippen LogP contribution >= 0.6 is 15.9 Å². The second-order valence-electron chi connectivity index (χ2n) is 4.42. The van der Waals surface area contributed by atoms with Gasteiger partial charge in [0.2, 0.25) is 0 Å². The average molecular weight is 370 g/mol. The molecule has 0 amide bonds. The van der Waals surface area contributed by atoms with Crippen molar-refractivity contribution in [3.63, 3.8) is 0 Å². The van der Waals surface area contributed by atoms with Crippen molar-refractivity contribution < 1.29 is 18.3 Å². The molecule has 0 aliphatic rings. The lowest BCUT2D eigenvalue weighted by molar-refractivity contribution is 0.0697. The molecule has 2 aromatic rings. The van der Waals surface area contributed by atoms with E-state index >= 15 is 0 Å². The Morgan fingerprint density at radius 1 is 1.14 bits per heavy atom. The fourth-order valence-corrected chi connectivity index (χ4v) is 3.25. The zero-order valence-electron chi connectivity index (χ0n) is 11.0.